The molecule has 2 saturated carbocycles. The van der Waals surface area contributed by atoms with Gasteiger partial charge in [-0.05, 0) is 38.0 Å². The van der Waals surface area contributed by atoms with Gasteiger partial charge in [0.25, 0.3) is 0 Å². The van der Waals surface area contributed by atoms with Crippen LogP contribution in [0.2, 0.25) is 0 Å². The van der Waals surface area contributed by atoms with Crippen molar-refractivity contribution in [1.82, 2.24) is 4.90 Å². The molecule has 2 aliphatic rings. The molecule has 0 aromatic rings. The Morgan fingerprint density at radius 2 is 1.90 bits per heavy atom. The number of carbonyl (C=O) groups is 1. The first-order chi connectivity index (χ1) is 9.70. The molecule has 0 aromatic carbocycles. The third kappa shape index (κ3) is 4.34. The molecule has 2 unspecified atom stereocenters. The molecule has 0 heterocycles. The summed E-state index contributed by atoms with van der Waals surface area (Å²) in [5.41, 5.74) is 6.03. The van der Waals surface area contributed by atoms with E-state index in [1.807, 2.05) is 11.0 Å². The highest BCUT2D eigenvalue weighted by Gasteiger charge is 2.29. The second-order valence-corrected chi connectivity index (χ2v) is 6.66. The molecule has 2 fully saturated rings. The van der Waals surface area contributed by atoms with E-state index < -0.39 is 0 Å². The predicted octanol–water partition coefficient (Wildman–Crippen LogP) is 3.10. The van der Waals surface area contributed by atoms with Gasteiger partial charge in [0.1, 0.15) is 0 Å². The van der Waals surface area contributed by atoms with Crippen molar-refractivity contribution in [2.75, 3.05) is 13.1 Å². The number of carbonyl (C=O) groups excluding carboxylic acids is 1. The highest BCUT2D eigenvalue weighted by Crippen LogP contribution is 2.28. The molecule has 2 aliphatic carbocycles. The fraction of sp³-hybridized carbons (Fsp3) is 0.824. The summed E-state index contributed by atoms with van der Waals surface area (Å²) in [5, 5.41) is 0. The van der Waals surface area contributed by atoms with E-state index >= 15 is 0 Å². The molecule has 0 bridgehead atoms. The molecule has 3 heteroatoms. The van der Waals surface area contributed by atoms with E-state index in [4.69, 9.17) is 5.73 Å². The van der Waals surface area contributed by atoms with E-state index in [0.717, 1.165) is 32.2 Å². The lowest BCUT2D eigenvalue weighted by molar-refractivity contribution is -0.137. The average Bonchev–Trinajstić information content (AvgIpc) is 2.47. The maximum Gasteiger partial charge on any atom is 0.226 e. The first-order valence-corrected chi connectivity index (χ1v) is 8.36. The van der Waals surface area contributed by atoms with Crippen molar-refractivity contribution in [2.24, 2.45) is 17.6 Å². The van der Waals surface area contributed by atoms with Crippen LogP contribution in [0.1, 0.15) is 57.8 Å². The minimum absolute atomic E-state index is 0.155. The normalized spacial score (nSPS) is 28.1. The lowest BCUT2D eigenvalue weighted by atomic mass is 9.84. The van der Waals surface area contributed by atoms with Crippen LogP contribution in [0, 0.1) is 11.8 Å². The van der Waals surface area contributed by atoms with Crippen LogP contribution >= 0.6 is 0 Å². The lowest BCUT2D eigenvalue weighted by Gasteiger charge is -2.34. The van der Waals surface area contributed by atoms with E-state index in [9.17, 15) is 4.79 Å². The number of amides is 1. The average molecular weight is 278 g/mol. The largest absolute Gasteiger partial charge is 0.338 e. The topological polar surface area (TPSA) is 46.3 Å². The second kappa shape index (κ2) is 7.82. The first-order valence-electron chi connectivity index (χ1n) is 8.36. The fourth-order valence-electron chi connectivity index (χ4n) is 3.80. The molecule has 114 valence electrons. The predicted molar refractivity (Wildman–Crippen MR) is 83.3 cm³/mol. The molecule has 0 spiro atoms. The van der Waals surface area contributed by atoms with Crippen molar-refractivity contribution in [3.63, 3.8) is 0 Å². The van der Waals surface area contributed by atoms with Gasteiger partial charge in [-0.15, -0.1) is 6.58 Å². The Balaban J connectivity index is 1.91. The Morgan fingerprint density at radius 1 is 1.15 bits per heavy atom. The first kappa shape index (κ1) is 15.6. The smallest absolute Gasteiger partial charge is 0.226 e. The molecule has 1 amide bonds. The Labute approximate surface area is 123 Å². The standard InChI is InChI=1S/C17H30N2O/c1-2-11-19(13-14-7-4-3-5-8-14)17(20)15-9-6-10-16(18)12-15/h2,14-16H,1,3-13,18H2. The van der Waals surface area contributed by atoms with Crippen molar-refractivity contribution >= 4 is 5.91 Å². The summed E-state index contributed by atoms with van der Waals surface area (Å²) in [7, 11) is 0. The number of nitrogens with zero attached hydrogens (tertiary/aromatic N) is 1. The van der Waals surface area contributed by atoms with Crippen LogP contribution < -0.4 is 5.73 Å². The monoisotopic (exact) mass is 278 g/mol. The Hall–Kier alpha value is -0.830. The van der Waals surface area contributed by atoms with Gasteiger partial charge in [0, 0.05) is 25.0 Å². The van der Waals surface area contributed by atoms with Crippen LogP contribution in [-0.4, -0.2) is 29.9 Å². The van der Waals surface area contributed by atoms with Gasteiger partial charge in [-0.3, -0.25) is 4.79 Å². The maximum atomic E-state index is 12.7. The molecular formula is C17H30N2O. The van der Waals surface area contributed by atoms with Gasteiger partial charge in [0.15, 0.2) is 0 Å². The fourth-order valence-corrected chi connectivity index (χ4v) is 3.80. The SMILES string of the molecule is C=CCN(CC1CCCCC1)C(=O)C1CCCC(N)C1. The van der Waals surface area contributed by atoms with Crippen LogP contribution in [0.4, 0.5) is 0 Å². The molecule has 0 radical (unpaired) electrons. The zero-order chi connectivity index (χ0) is 14.4. The van der Waals surface area contributed by atoms with Crippen LogP contribution in [0.5, 0.6) is 0 Å². The number of rotatable bonds is 5. The summed E-state index contributed by atoms with van der Waals surface area (Å²) in [5.74, 6) is 1.18. The van der Waals surface area contributed by atoms with E-state index in [-0.39, 0.29) is 12.0 Å². The number of hydrogen-bond donors (Lipinski definition) is 1. The Bertz CT molecular complexity index is 323. The molecule has 2 N–H and O–H groups in total. The minimum Gasteiger partial charge on any atom is -0.338 e. The summed E-state index contributed by atoms with van der Waals surface area (Å²) in [6.07, 6.45) is 12.5. The van der Waals surface area contributed by atoms with Gasteiger partial charge < -0.3 is 10.6 Å². The summed E-state index contributed by atoms with van der Waals surface area (Å²) in [4.78, 5) is 14.8. The van der Waals surface area contributed by atoms with Gasteiger partial charge in [-0.25, -0.2) is 0 Å². The van der Waals surface area contributed by atoms with Crippen molar-refractivity contribution in [3.8, 4) is 0 Å². The molecule has 0 saturated heterocycles. The van der Waals surface area contributed by atoms with E-state index in [1.54, 1.807) is 0 Å². The Kier molecular flexibility index (Phi) is 6.08. The molecule has 0 aromatic heterocycles. The minimum atomic E-state index is 0.155. The summed E-state index contributed by atoms with van der Waals surface area (Å²) in [6, 6.07) is 0.220. The molecule has 0 aliphatic heterocycles. The zero-order valence-electron chi connectivity index (χ0n) is 12.7. The number of hydrogen-bond acceptors (Lipinski definition) is 2. The molecule has 2 rings (SSSR count). The van der Waals surface area contributed by atoms with Crippen molar-refractivity contribution in [2.45, 2.75) is 63.8 Å². The second-order valence-electron chi connectivity index (χ2n) is 6.66. The van der Waals surface area contributed by atoms with Gasteiger partial charge in [-0.2, -0.15) is 0 Å². The summed E-state index contributed by atoms with van der Waals surface area (Å²) >= 11 is 0. The van der Waals surface area contributed by atoms with Crippen molar-refractivity contribution < 1.29 is 4.79 Å². The number of nitrogens with two attached hydrogens (primary N) is 1. The van der Waals surface area contributed by atoms with Gasteiger partial charge in [0.05, 0.1) is 0 Å². The van der Waals surface area contributed by atoms with Crippen LogP contribution in [0.15, 0.2) is 12.7 Å². The molecule has 20 heavy (non-hydrogen) atoms. The van der Waals surface area contributed by atoms with E-state index in [2.05, 4.69) is 6.58 Å². The van der Waals surface area contributed by atoms with Crippen LogP contribution in [-0.2, 0) is 4.79 Å². The molecule has 2 atom stereocenters. The third-order valence-electron chi connectivity index (χ3n) is 4.93. The quantitative estimate of drug-likeness (QED) is 0.785. The summed E-state index contributed by atoms with van der Waals surface area (Å²) < 4.78 is 0. The molecule has 3 nitrogen and oxygen atoms in total. The Morgan fingerprint density at radius 3 is 2.55 bits per heavy atom. The van der Waals surface area contributed by atoms with E-state index in [0.29, 0.717) is 18.4 Å². The third-order valence-corrected chi connectivity index (χ3v) is 4.93. The lowest BCUT2D eigenvalue weighted by Crippen LogP contribution is -2.43. The summed E-state index contributed by atoms with van der Waals surface area (Å²) in [6.45, 7) is 5.44. The van der Waals surface area contributed by atoms with Gasteiger partial charge >= 0.3 is 0 Å². The van der Waals surface area contributed by atoms with Gasteiger partial charge in [0.2, 0.25) is 5.91 Å². The highest BCUT2D eigenvalue weighted by atomic mass is 16.2. The zero-order valence-corrected chi connectivity index (χ0v) is 12.7. The van der Waals surface area contributed by atoms with Gasteiger partial charge in [-0.1, -0.05) is 31.8 Å². The van der Waals surface area contributed by atoms with Crippen LogP contribution in [0.3, 0.4) is 0 Å². The molecular weight excluding hydrogens is 248 g/mol. The highest BCUT2D eigenvalue weighted by molar-refractivity contribution is 5.79. The van der Waals surface area contributed by atoms with Crippen molar-refractivity contribution in [3.05, 3.63) is 12.7 Å². The van der Waals surface area contributed by atoms with Crippen molar-refractivity contribution in [1.29, 1.82) is 0 Å². The maximum absolute atomic E-state index is 12.7. The van der Waals surface area contributed by atoms with E-state index in [1.165, 1.54) is 32.1 Å². The van der Waals surface area contributed by atoms with Crippen LogP contribution in [0.25, 0.3) is 0 Å².